The number of halogens is 1. The lowest BCUT2D eigenvalue weighted by Gasteiger charge is -2.29. The van der Waals surface area contributed by atoms with E-state index in [4.69, 9.17) is 17.0 Å². The maximum atomic E-state index is 12.9. The van der Waals surface area contributed by atoms with E-state index in [-0.39, 0.29) is 24.4 Å². The Morgan fingerprint density at radius 2 is 1.95 bits per heavy atom. The van der Waals surface area contributed by atoms with E-state index in [1.54, 1.807) is 13.3 Å². The molecule has 188 valence electrons. The molecule has 1 aliphatic heterocycles. The molecule has 9 heteroatoms. The molecule has 1 aliphatic rings. The number of ether oxygens (including phenoxy) is 1. The lowest BCUT2D eigenvalue weighted by Crippen LogP contribution is -2.33. The maximum absolute atomic E-state index is 12.9. The van der Waals surface area contributed by atoms with Crippen LogP contribution in [0.3, 0.4) is 0 Å². The third-order valence-electron chi connectivity index (χ3n) is 6.33. The van der Waals surface area contributed by atoms with Crippen molar-refractivity contribution in [1.82, 2.24) is 19.8 Å². The summed E-state index contributed by atoms with van der Waals surface area (Å²) in [6.07, 6.45) is 4.08. The lowest BCUT2D eigenvalue weighted by atomic mass is 10.0. The van der Waals surface area contributed by atoms with Gasteiger partial charge in [0.25, 0.3) is 0 Å². The van der Waals surface area contributed by atoms with Crippen molar-refractivity contribution in [2.24, 2.45) is 0 Å². The number of para-hydroxylation sites is 2. The highest BCUT2D eigenvalue weighted by Crippen LogP contribution is 2.39. The summed E-state index contributed by atoms with van der Waals surface area (Å²) >= 11 is 9.37. The smallest absolute Gasteiger partial charge is 0.226 e. The summed E-state index contributed by atoms with van der Waals surface area (Å²) < 4.78 is 8.52. The second-order valence-corrected chi connectivity index (χ2v) is 9.90. The molecule has 2 aromatic heterocycles. The molecule has 37 heavy (non-hydrogen) atoms. The summed E-state index contributed by atoms with van der Waals surface area (Å²) in [4.78, 5) is 19.6. The van der Waals surface area contributed by atoms with Crippen molar-refractivity contribution in [3.8, 4) is 11.4 Å². The summed E-state index contributed by atoms with van der Waals surface area (Å²) in [7, 11) is 1.59. The van der Waals surface area contributed by atoms with Gasteiger partial charge in [-0.15, -0.1) is 0 Å². The van der Waals surface area contributed by atoms with Gasteiger partial charge in [-0.2, -0.15) is 0 Å². The molecular formula is C28H26BrN5O2S. The van der Waals surface area contributed by atoms with Gasteiger partial charge in [0.1, 0.15) is 5.75 Å². The van der Waals surface area contributed by atoms with Crippen molar-refractivity contribution in [2.45, 2.75) is 18.5 Å². The largest absolute Gasteiger partial charge is 0.495 e. The Morgan fingerprint density at radius 3 is 2.73 bits per heavy atom. The van der Waals surface area contributed by atoms with E-state index >= 15 is 0 Å². The maximum Gasteiger partial charge on any atom is 0.226 e. The third-order valence-corrected chi connectivity index (χ3v) is 7.17. The number of carbonyl (C=O) groups excluding carboxylic acids is 1. The molecule has 7 nitrogen and oxygen atoms in total. The first kappa shape index (κ1) is 25.0. The molecule has 1 amide bonds. The Morgan fingerprint density at radius 1 is 1.11 bits per heavy atom. The van der Waals surface area contributed by atoms with E-state index in [9.17, 15) is 4.79 Å². The minimum atomic E-state index is -0.174. The molecule has 0 spiro atoms. The fraction of sp³-hybridized carbons (Fsp3) is 0.179. The second kappa shape index (κ2) is 11.1. The minimum absolute atomic E-state index is 0.116. The Kier molecular flexibility index (Phi) is 7.52. The van der Waals surface area contributed by atoms with Crippen molar-refractivity contribution in [2.75, 3.05) is 19.0 Å². The predicted octanol–water partition coefficient (Wildman–Crippen LogP) is 5.64. The summed E-state index contributed by atoms with van der Waals surface area (Å²) in [5.74, 6) is 0.504. The van der Waals surface area contributed by atoms with Crippen molar-refractivity contribution in [3.63, 3.8) is 0 Å². The standard InChI is InChI=1S/C28H26BrN5O2S/c1-36-24-13-3-2-10-21(24)31-25(35)14-17-34-27(26(32-28(34)37)22-11-4-5-15-30-22)23-12-7-16-33(23)20-9-6-8-19(29)18-20/h2-13,15-16,18,26-27H,14,17H2,1H3,(H,31,35)(H,32,37)/t26-,27+/m0/s1. The fourth-order valence-corrected chi connectivity index (χ4v) is 5.37. The molecule has 5 rings (SSSR count). The van der Waals surface area contributed by atoms with Crippen molar-refractivity contribution < 1.29 is 9.53 Å². The van der Waals surface area contributed by atoms with Crippen LogP contribution in [0.2, 0.25) is 0 Å². The molecule has 4 aromatic rings. The molecule has 0 saturated carbocycles. The number of methoxy groups -OCH3 is 1. The highest BCUT2D eigenvalue weighted by atomic mass is 79.9. The highest BCUT2D eigenvalue weighted by molar-refractivity contribution is 9.10. The quantitative estimate of drug-likeness (QED) is 0.265. The zero-order valence-corrected chi connectivity index (χ0v) is 22.6. The van der Waals surface area contributed by atoms with Gasteiger partial charge in [0, 0.05) is 41.2 Å². The number of hydrogen-bond acceptors (Lipinski definition) is 4. The summed E-state index contributed by atoms with van der Waals surface area (Å²) in [5.41, 5.74) is 3.61. The predicted molar refractivity (Wildman–Crippen MR) is 152 cm³/mol. The molecule has 0 radical (unpaired) electrons. The molecular weight excluding hydrogens is 550 g/mol. The molecule has 0 aliphatic carbocycles. The number of hydrogen-bond donors (Lipinski definition) is 2. The number of benzene rings is 2. The number of carbonyl (C=O) groups is 1. The molecule has 2 aromatic carbocycles. The van der Waals surface area contributed by atoms with Crippen LogP contribution >= 0.6 is 28.1 Å². The van der Waals surface area contributed by atoms with Gasteiger partial charge in [-0.1, -0.05) is 40.2 Å². The fourth-order valence-electron chi connectivity index (χ4n) is 4.65. The van der Waals surface area contributed by atoms with Crippen LogP contribution in [0.25, 0.3) is 5.69 Å². The van der Waals surface area contributed by atoms with E-state index in [1.165, 1.54) is 0 Å². The van der Waals surface area contributed by atoms with Crippen molar-refractivity contribution in [3.05, 3.63) is 107 Å². The van der Waals surface area contributed by atoms with E-state index in [0.29, 0.717) is 23.1 Å². The van der Waals surface area contributed by atoms with E-state index in [0.717, 1.165) is 21.5 Å². The molecule has 3 heterocycles. The van der Waals surface area contributed by atoms with Crippen LogP contribution < -0.4 is 15.4 Å². The van der Waals surface area contributed by atoms with Gasteiger partial charge < -0.3 is 24.8 Å². The number of amides is 1. The summed E-state index contributed by atoms with van der Waals surface area (Å²) in [6, 6.07) is 25.2. The van der Waals surface area contributed by atoms with Crippen molar-refractivity contribution >= 4 is 44.9 Å². The molecule has 1 saturated heterocycles. The third kappa shape index (κ3) is 5.38. The number of nitrogens with zero attached hydrogens (tertiary/aromatic N) is 3. The van der Waals surface area contributed by atoms with Crippen LogP contribution in [0.1, 0.15) is 29.9 Å². The average molecular weight is 577 g/mol. The molecule has 0 bridgehead atoms. The summed E-state index contributed by atoms with van der Waals surface area (Å²) in [5, 5.41) is 7.01. The summed E-state index contributed by atoms with van der Waals surface area (Å²) in [6.45, 7) is 0.435. The highest BCUT2D eigenvalue weighted by Gasteiger charge is 2.41. The molecule has 2 N–H and O–H groups in total. The van der Waals surface area contributed by atoms with Crippen molar-refractivity contribution in [1.29, 1.82) is 0 Å². The van der Waals surface area contributed by atoms with Gasteiger partial charge in [-0.05, 0) is 66.8 Å². The van der Waals surface area contributed by atoms with Gasteiger partial charge in [0.2, 0.25) is 5.91 Å². The van der Waals surface area contributed by atoms with Gasteiger partial charge in [0.15, 0.2) is 5.11 Å². The number of anilines is 1. The van der Waals surface area contributed by atoms with Crippen LogP contribution in [-0.4, -0.2) is 39.1 Å². The number of aromatic nitrogens is 2. The SMILES string of the molecule is COc1ccccc1NC(=O)CCN1C(=S)N[C@@H](c2ccccn2)[C@H]1c1cccn1-c1cccc(Br)c1. The van der Waals surface area contributed by atoms with Gasteiger partial charge in [-0.25, -0.2) is 0 Å². The first-order valence-electron chi connectivity index (χ1n) is 11.9. The zero-order valence-electron chi connectivity index (χ0n) is 20.2. The molecule has 0 unspecified atom stereocenters. The number of nitrogens with one attached hydrogen (secondary N) is 2. The van der Waals surface area contributed by atoms with Crippen LogP contribution in [0.5, 0.6) is 5.75 Å². The number of rotatable bonds is 8. The Labute approximate surface area is 229 Å². The van der Waals surface area contributed by atoms with E-state index in [2.05, 4.69) is 59.2 Å². The zero-order chi connectivity index (χ0) is 25.8. The number of thiocarbonyl (C=S) groups is 1. The lowest BCUT2D eigenvalue weighted by molar-refractivity contribution is -0.116. The second-order valence-electron chi connectivity index (χ2n) is 8.60. The van der Waals surface area contributed by atoms with E-state index < -0.39 is 0 Å². The van der Waals surface area contributed by atoms with Gasteiger partial charge >= 0.3 is 0 Å². The Balaban J connectivity index is 1.44. The van der Waals surface area contributed by atoms with Crippen LogP contribution in [0, 0.1) is 0 Å². The van der Waals surface area contributed by atoms with Gasteiger partial charge in [0.05, 0.1) is 30.6 Å². The first-order valence-corrected chi connectivity index (χ1v) is 13.1. The average Bonchev–Trinajstić information content (AvgIpc) is 3.52. The molecule has 2 atom stereocenters. The topological polar surface area (TPSA) is 71.4 Å². The van der Waals surface area contributed by atoms with Crippen LogP contribution in [0.4, 0.5) is 5.69 Å². The normalized spacial score (nSPS) is 16.9. The van der Waals surface area contributed by atoms with E-state index in [1.807, 2.05) is 66.9 Å². The van der Waals surface area contributed by atoms with Crippen LogP contribution in [0.15, 0.2) is 95.7 Å². The monoisotopic (exact) mass is 575 g/mol. The Bertz CT molecular complexity index is 1410. The number of pyridine rings is 1. The van der Waals surface area contributed by atoms with Crippen LogP contribution in [-0.2, 0) is 4.79 Å². The Hall–Kier alpha value is -3.69. The minimum Gasteiger partial charge on any atom is -0.495 e. The molecule has 1 fully saturated rings. The first-order chi connectivity index (χ1) is 18.0. The van der Waals surface area contributed by atoms with Gasteiger partial charge in [-0.3, -0.25) is 9.78 Å².